The van der Waals surface area contributed by atoms with Crippen LogP contribution in [0.15, 0.2) is 60.9 Å². The van der Waals surface area contributed by atoms with Gasteiger partial charge in [0.25, 0.3) is 0 Å². The third-order valence-electron chi connectivity index (χ3n) is 6.25. The van der Waals surface area contributed by atoms with Crippen molar-refractivity contribution in [2.24, 2.45) is 10.8 Å². The lowest BCUT2D eigenvalue weighted by atomic mass is 9.97. The van der Waals surface area contributed by atoms with Crippen LogP contribution in [0.25, 0.3) is 21.8 Å². The van der Waals surface area contributed by atoms with Crippen LogP contribution in [0.4, 0.5) is 11.6 Å². The normalized spacial score (nSPS) is 11.2. The SMILES string of the molecule is CC(C)(C)CNc1nc(C#N)nc2ccc(O)cc12.CC(C)(C)CNc1nc(C#N)nc2ccc(OCc3cccnc3)cc12. The minimum absolute atomic E-state index is 0.0818. The summed E-state index contributed by atoms with van der Waals surface area (Å²) in [6.07, 6.45) is 3.51. The Balaban J connectivity index is 0.000000215. The molecule has 3 heterocycles. The summed E-state index contributed by atoms with van der Waals surface area (Å²) >= 11 is 0. The molecule has 0 unspecified atom stereocenters. The predicted octanol–water partition coefficient (Wildman–Crippen LogP) is 6.60. The zero-order valence-electron chi connectivity index (χ0n) is 26.4. The first-order valence-electron chi connectivity index (χ1n) is 14.5. The van der Waals surface area contributed by atoms with Gasteiger partial charge in [0.15, 0.2) is 0 Å². The summed E-state index contributed by atoms with van der Waals surface area (Å²) in [7, 11) is 0. The van der Waals surface area contributed by atoms with E-state index in [0.717, 1.165) is 17.5 Å². The second-order valence-electron chi connectivity index (χ2n) is 12.9. The van der Waals surface area contributed by atoms with Gasteiger partial charge in [-0.1, -0.05) is 47.6 Å². The van der Waals surface area contributed by atoms with Crippen LogP contribution in [-0.2, 0) is 6.61 Å². The number of nitriles is 2. The van der Waals surface area contributed by atoms with Crippen molar-refractivity contribution in [1.82, 2.24) is 24.9 Å². The number of benzene rings is 2. The van der Waals surface area contributed by atoms with Crippen LogP contribution in [0.1, 0.15) is 58.8 Å². The van der Waals surface area contributed by atoms with Crippen LogP contribution in [0, 0.1) is 33.5 Å². The maximum Gasteiger partial charge on any atom is 0.234 e. The molecule has 2 aromatic carbocycles. The number of aromatic hydroxyl groups is 1. The number of phenolic OH excluding ortho intramolecular Hbond substituents is 1. The summed E-state index contributed by atoms with van der Waals surface area (Å²) in [4.78, 5) is 21.0. The molecule has 45 heavy (non-hydrogen) atoms. The fourth-order valence-corrected chi connectivity index (χ4v) is 4.03. The monoisotopic (exact) mass is 603 g/mol. The van der Waals surface area contributed by atoms with Crippen molar-refractivity contribution < 1.29 is 9.84 Å². The van der Waals surface area contributed by atoms with Gasteiger partial charge in [0.2, 0.25) is 11.6 Å². The molecule has 230 valence electrons. The Kier molecular flexibility index (Phi) is 9.95. The minimum atomic E-state index is 0.0818. The van der Waals surface area contributed by atoms with E-state index in [1.165, 1.54) is 0 Å². The molecule has 11 nitrogen and oxygen atoms in total. The van der Waals surface area contributed by atoms with Crippen molar-refractivity contribution in [3.05, 3.63) is 78.1 Å². The molecule has 5 aromatic rings. The third-order valence-corrected chi connectivity index (χ3v) is 6.25. The maximum atomic E-state index is 9.56. The number of nitrogens with zero attached hydrogens (tertiary/aromatic N) is 7. The molecular formula is C34H37N9O2. The first kappa shape index (κ1) is 32.4. The largest absolute Gasteiger partial charge is 0.508 e. The second-order valence-corrected chi connectivity index (χ2v) is 12.9. The molecule has 0 aliphatic heterocycles. The Morgan fingerprint density at radius 3 is 1.82 bits per heavy atom. The van der Waals surface area contributed by atoms with E-state index >= 15 is 0 Å². The number of ether oxygens (including phenoxy) is 1. The number of hydrogen-bond donors (Lipinski definition) is 3. The highest BCUT2D eigenvalue weighted by atomic mass is 16.5. The third kappa shape index (κ3) is 9.47. The molecule has 0 aliphatic carbocycles. The van der Waals surface area contributed by atoms with Crippen molar-refractivity contribution in [2.45, 2.75) is 48.1 Å². The Hall–Kier alpha value is -5.55. The molecule has 3 aromatic heterocycles. The van der Waals surface area contributed by atoms with E-state index in [9.17, 15) is 10.4 Å². The Bertz CT molecular complexity index is 1870. The second kappa shape index (κ2) is 13.8. The van der Waals surface area contributed by atoms with Crippen molar-refractivity contribution in [3.63, 3.8) is 0 Å². The van der Waals surface area contributed by atoms with Gasteiger partial charge in [-0.3, -0.25) is 4.98 Å². The van der Waals surface area contributed by atoms with Gasteiger partial charge in [-0.25, -0.2) is 19.9 Å². The molecule has 0 aliphatic rings. The van der Waals surface area contributed by atoms with Crippen LogP contribution < -0.4 is 15.4 Å². The van der Waals surface area contributed by atoms with Crippen molar-refractivity contribution >= 4 is 33.4 Å². The lowest BCUT2D eigenvalue weighted by Crippen LogP contribution is -2.20. The molecule has 0 spiro atoms. The smallest absolute Gasteiger partial charge is 0.234 e. The van der Waals surface area contributed by atoms with Gasteiger partial charge >= 0.3 is 0 Å². The summed E-state index contributed by atoms with van der Waals surface area (Å²) in [5, 5.41) is 35.8. The number of phenols is 1. The number of anilines is 2. The molecule has 3 N–H and O–H groups in total. The van der Waals surface area contributed by atoms with E-state index in [1.807, 2.05) is 42.5 Å². The van der Waals surface area contributed by atoms with E-state index in [1.54, 1.807) is 30.6 Å². The highest BCUT2D eigenvalue weighted by molar-refractivity contribution is 5.91. The van der Waals surface area contributed by atoms with Gasteiger partial charge in [-0.15, -0.1) is 0 Å². The Morgan fingerprint density at radius 1 is 0.756 bits per heavy atom. The quantitative estimate of drug-likeness (QED) is 0.183. The maximum absolute atomic E-state index is 9.56. The highest BCUT2D eigenvalue weighted by Crippen LogP contribution is 2.28. The van der Waals surface area contributed by atoms with Crippen LogP contribution in [0.3, 0.4) is 0 Å². The van der Waals surface area contributed by atoms with E-state index < -0.39 is 0 Å². The van der Waals surface area contributed by atoms with E-state index in [4.69, 9.17) is 10.00 Å². The van der Waals surface area contributed by atoms with Crippen LogP contribution >= 0.6 is 0 Å². The van der Waals surface area contributed by atoms with E-state index in [0.29, 0.717) is 47.0 Å². The van der Waals surface area contributed by atoms with Crippen LogP contribution in [0.2, 0.25) is 0 Å². The summed E-state index contributed by atoms with van der Waals surface area (Å²) in [6, 6.07) is 18.2. The van der Waals surface area contributed by atoms with Gasteiger partial charge in [0.05, 0.1) is 11.0 Å². The van der Waals surface area contributed by atoms with E-state index in [2.05, 4.69) is 77.1 Å². The molecule has 0 saturated carbocycles. The number of pyridine rings is 1. The number of fused-ring (bicyclic) bond motifs is 2. The molecule has 0 bridgehead atoms. The van der Waals surface area contributed by atoms with Gasteiger partial charge in [-0.05, 0) is 53.3 Å². The number of aromatic nitrogens is 5. The molecule has 0 amide bonds. The van der Waals surface area contributed by atoms with Gasteiger partial charge < -0.3 is 20.5 Å². The molecule has 0 saturated heterocycles. The molecule has 0 radical (unpaired) electrons. The fourth-order valence-electron chi connectivity index (χ4n) is 4.03. The predicted molar refractivity (Wildman–Crippen MR) is 175 cm³/mol. The minimum Gasteiger partial charge on any atom is -0.508 e. The van der Waals surface area contributed by atoms with Gasteiger partial charge in [0.1, 0.15) is 41.9 Å². The Morgan fingerprint density at radius 2 is 1.31 bits per heavy atom. The molecule has 11 heteroatoms. The van der Waals surface area contributed by atoms with Gasteiger partial charge in [0, 0.05) is 41.8 Å². The average Bonchev–Trinajstić information content (AvgIpc) is 3.01. The topological polar surface area (TPSA) is 166 Å². The summed E-state index contributed by atoms with van der Waals surface area (Å²) in [6.45, 7) is 14.6. The zero-order valence-corrected chi connectivity index (χ0v) is 26.4. The van der Waals surface area contributed by atoms with Crippen LogP contribution in [0.5, 0.6) is 11.5 Å². The number of nitrogens with one attached hydrogen (secondary N) is 2. The highest BCUT2D eigenvalue weighted by Gasteiger charge is 2.15. The molecular weight excluding hydrogens is 566 g/mol. The van der Waals surface area contributed by atoms with Crippen molar-refractivity contribution in [3.8, 4) is 23.6 Å². The van der Waals surface area contributed by atoms with E-state index in [-0.39, 0.29) is 28.2 Å². The fraction of sp³-hybridized carbons (Fsp3) is 0.324. The molecule has 0 fully saturated rings. The summed E-state index contributed by atoms with van der Waals surface area (Å²) in [5.41, 5.74) is 2.51. The number of rotatable bonds is 7. The first-order valence-corrected chi connectivity index (χ1v) is 14.5. The van der Waals surface area contributed by atoms with Crippen molar-refractivity contribution in [2.75, 3.05) is 23.7 Å². The van der Waals surface area contributed by atoms with Crippen molar-refractivity contribution in [1.29, 1.82) is 10.5 Å². The first-order chi connectivity index (χ1) is 21.3. The average molecular weight is 604 g/mol. The van der Waals surface area contributed by atoms with Gasteiger partial charge in [-0.2, -0.15) is 10.5 Å². The zero-order chi connectivity index (χ0) is 32.6. The summed E-state index contributed by atoms with van der Waals surface area (Å²) in [5.74, 6) is 2.36. The Labute approximate surface area is 263 Å². The van der Waals surface area contributed by atoms with Crippen LogP contribution in [-0.4, -0.2) is 43.1 Å². The lowest BCUT2D eigenvalue weighted by Gasteiger charge is -2.20. The lowest BCUT2D eigenvalue weighted by molar-refractivity contribution is 0.306. The molecule has 5 rings (SSSR count). The standard InChI is InChI=1S/C20H21N5O.C14H16N4O/c1-20(2,3)13-23-19-16-9-15(26-12-14-5-4-8-22-11-14)6-7-17(16)24-18(10-21)25-19;1-14(2,3)8-16-13-10-6-9(19)4-5-11(10)17-12(7-15)18-13/h4-9,11H,12-13H2,1-3H3,(H,23,24,25);4-6,19H,8H2,1-3H3,(H,16,17,18). The number of hydrogen-bond acceptors (Lipinski definition) is 11. The summed E-state index contributed by atoms with van der Waals surface area (Å²) < 4.78 is 5.87. The molecule has 0 atom stereocenters.